The van der Waals surface area contributed by atoms with E-state index in [0.29, 0.717) is 22.0 Å². The van der Waals surface area contributed by atoms with Crippen molar-refractivity contribution in [1.82, 2.24) is 4.98 Å². The number of aromatic nitrogens is 1. The van der Waals surface area contributed by atoms with E-state index in [0.717, 1.165) is 38.7 Å². The van der Waals surface area contributed by atoms with Gasteiger partial charge in [0.05, 0.1) is 16.8 Å². The van der Waals surface area contributed by atoms with Crippen molar-refractivity contribution in [2.75, 3.05) is 0 Å². The molecule has 0 bridgehead atoms. The summed E-state index contributed by atoms with van der Waals surface area (Å²) in [7, 11) is 0. The van der Waals surface area contributed by atoms with Crippen molar-refractivity contribution < 1.29 is 9.53 Å². The lowest BCUT2D eigenvalue weighted by Gasteiger charge is -2.13. The van der Waals surface area contributed by atoms with Gasteiger partial charge in [0.15, 0.2) is 0 Å². The van der Waals surface area contributed by atoms with Gasteiger partial charge in [0.1, 0.15) is 5.75 Å². The summed E-state index contributed by atoms with van der Waals surface area (Å²) in [4.78, 5) is 18.1. The molecule has 0 unspecified atom stereocenters. The molecule has 0 aliphatic rings. The zero-order valence-corrected chi connectivity index (χ0v) is 18.2. The Morgan fingerprint density at radius 1 is 0.833 bits per heavy atom. The number of carbonyl (C=O) groups is 1. The lowest BCUT2D eigenvalue weighted by atomic mass is 10.00. The highest BCUT2D eigenvalue weighted by atomic mass is 35.5. The molecule has 3 aromatic carbocycles. The van der Waals surface area contributed by atoms with Crippen LogP contribution in [-0.4, -0.2) is 11.0 Å². The molecule has 150 valence electrons. The number of fused-ring (bicyclic) bond motifs is 1. The van der Waals surface area contributed by atoms with Gasteiger partial charge in [-0.05, 0) is 80.8 Å². The SMILES string of the molecule is Cc1cc(C)c2nc(-c3ccc(Cl)cc3)cc(C(=O)Oc3ccc(C)c(C)c3)c2c1. The van der Waals surface area contributed by atoms with E-state index in [2.05, 4.69) is 6.07 Å². The van der Waals surface area contributed by atoms with Crippen LogP contribution in [0.3, 0.4) is 0 Å². The van der Waals surface area contributed by atoms with Gasteiger partial charge in [-0.15, -0.1) is 0 Å². The Hall–Kier alpha value is -3.17. The largest absolute Gasteiger partial charge is 0.423 e. The summed E-state index contributed by atoms with van der Waals surface area (Å²) in [6.45, 7) is 8.05. The zero-order chi connectivity index (χ0) is 21.4. The first kappa shape index (κ1) is 20.1. The van der Waals surface area contributed by atoms with Crippen LogP contribution in [0.2, 0.25) is 5.02 Å². The average Bonchev–Trinajstić information content (AvgIpc) is 2.70. The predicted octanol–water partition coefficient (Wildman–Crippen LogP) is 7.01. The van der Waals surface area contributed by atoms with Crippen molar-refractivity contribution in [1.29, 1.82) is 0 Å². The van der Waals surface area contributed by atoms with Crippen molar-refractivity contribution in [3.63, 3.8) is 0 Å². The summed E-state index contributed by atoms with van der Waals surface area (Å²) in [6.07, 6.45) is 0. The maximum absolute atomic E-state index is 13.2. The highest BCUT2D eigenvalue weighted by molar-refractivity contribution is 6.30. The molecule has 4 aromatic rings. The van der Waals surface area contributed by atoms with Gasteiger partial charge in [-0.25, -0.2) is 9.78 Å². The third-order valence-electron chi connectivity index (χ3n) is 5.30. The Kier molecular flexibility index (Phi) is 5.31. The molecular formula is C26H22ClNO2. The maximum atomic E-state index is 13.2. The van der Waals surface area contributed by atoms with Gasteiger partial charge >= 0.3 is 5.97 Å². The number of halogens is 1. The van der Waals surface area contributed by atoms with Crippen LogP contribution >= 0.6 is 11.6 Å². The lowest BCUT2D eigenvalue weighted by Crippen LogP contribution is -2.11. The fourth-order valence-electron chi connectivity index (χ4n) is 3.56. The minimum atomic E-state index is -0.397. The molecule has 0 aliphatic heterocycles. The van der Waals surface area contributed by atoms with Gasteiger partial charge in [0, 0.05) is 16.0 Å². The standard InChI is InChI=1S/C26H22ClNO2/c1-15-11-18(4)25-22(12-15)23(14-24(28-25)19-6-8-20(27)9-7-19)26(29)30-21-10-5-16(2)17(3)13-21/h5-14H,1-4H3. The number of carbonyl (C=O) groups excluding carboxylic acids is 1. The highest BCUT2D eigenvalue weighted by Crippen LogP contribution is 2.29. The molecule has 0 spiro atoms. The van der Waals surface area contributed by atoms with Gasteiger partial charge in [-0.3, -0.25) is 0 Å². The Bertz CT molecular complexity index is 1280. The maximum Gasteiger partial charge on any atom is 0.344 e. The minimum absolute atomic E-state index is 0.397. The summed E-state index contributed by atoms with van der Waals surface area (Å²) in [5.41, 5.74) is 7.20. The number of aryl methyl sites for hydroxylation is 4. The summed E-state index contributed by atoms with van der Waals surface area (Å²) in [5, 5.41) is 1.44. The molecule has 1 aromatic heterocycles. The summed E-state index contributed by atoms with van der Waals surface area (Å²) in [5.74, 6) is 0.136. The van der Waals surface area contributed by atoms with E-state index in [1.54, 1.807) is 6.07 Å². The highest BCUT2D eigenvalue weighted by Gasteiger charge is 2.18. The second kappa shape index (κ2) is 7.92. The molecule has 0 amide bonds. The normalized spacial score (nSPS) is 11.0. The van der Waals surface area contributed by atoms with Crippen LogP contribution in [-0.2, 0) is 0 Å². The minimum Gasteiger partial charge on any atom is -0.423 e. The quantitative estimate of drug-likeness (QED) is 0.267. The van der Waals surface area contributed by atoms with E-state index in [4.69, 9.17) is 21.3 Å². The Morgan fingerprint density at radius 3 is 2.27 bits per heavy atom. The first-order valence-electron chi connectivity index (χ1n) is 9.79. The first-order valence-corrected chi connectivity index (χ1v) is 10.2. The Labute approximate surface area is 181 Å². The van der Waals surface area contributed by atoms with Gasteiger partial charge in [0.2, 0.25) is 0 Å². The fourth-order valence-corrected chi connectivity index (χ4v) is 3.68. The number of benzene rings is 3. The molecule has 0 N–H and O–H groups in total. The van der Waals surface area contributed by atoms with Crippen LogP contribution in [0.4, 0.5) is 0 Å². The number of ether oxygens (including phenoxy) is 1. The van der Waals surface area contributed by atoms with Gasteiger partial charge in [0.25, 0.3) is 0 Å². The van der Waals surface area contributed by atoms with Crippen molar-refractivity contribution in [3.05, 3.63) is 93.5 Å². The van der Waals surface area contributed by atoms with Crippen LogP contribution in [0.5, 0.6) is 5.75 Å². The second-order valence-corrected chi connectivity index (χ2v) is 8.11. The van der Waals surface area contributed by atoms with Crippen molar-refractivity contribution in [2.45, 2.75) is 27.7 Å². The summed E-state index contributed by atoms with van der Waals surface area (Å²) < 4.78 is 5.75. The molecule has 0 saturated heterocycles. The van der Waals surface area contributed by atoms with E-state index in [9.17, 15) is 4.79 Å². The van der Waals surface area contributed by atoms with Crippen molar-refractivity contribution >= 4 is 28.5 Å². The van der Waals surface area contributed by atoms with Gasteiger partial charge in [-0.1, -0.05) is 41.4 Å². The molecule has 0 saturated carbocycles. The van der Waals surface area contributed by atoms with Crippen molar-refractivity contribution in [3.8, 4) is 17.0 Å². The third kappa shape index (κ3) is 3.94. The van der Waals surface area contributed by atoms with Crippen LogP contribution in [0.1, 0.15) is 32.6 Å². The molecule has 0 fully saturated rings. The van der Waals surface area contributed by atoms with Gasteiger partial charge in [-0.2, -0.15) is 0 Å². The molecule has 4 heteroatoms. The van der Waals surface area contributed by atoms with Crippen LogP contribution < -0.4 is 4.74 Å². The molecule has 0 radical (unpaired) electrons. The third-order valence-corrected chi connectivity index (χ3v) is 5.55. The topological polar surface area (TPSA) is 39.2 Å². The molecule has 0 atom stereocenters. The first-order chi connectivity index (χ1) is 14.3. The fraction of sp³-hybridized carbons (Fsp3) is 0.154. The number of hydrogen-bond acceptors (Lipinski definition) is 3. The van der Waals surface area contributed by atoms with Crippen LogP contribution in [0, 0.1) is 27.7 Å². The smallest absolute Gasteiger partial charge is 0.344 e. The molecule has 0 aliphatic carbocycles. The van der Waals surface area contributed by atoms with Gasteiger partial charge < -0.3 is 4.74 Å². The molecule has 3 nitrogen and oxygen atoms in total. The van der Waals surface area contributed by atoms with Crippen molar-refractivity contribution in [2.24, 2.45) is 0 Å². The number of esters is 1. The number of rotatable bonds is 3. The molecule has 4 rings (SSSR count). The van der Waals surface area contributed by atoms with E-state index in [1.807, 2.05) is 76.2 Å². The van der Waals surface area contributed by atoms with E-state index < -0.39 is 5.97 Å². The number of nitrogens with zero attached hydrogens (tertiary/aromatic N) is 1. The second-order valence-electron chi connectivity index (χ2n) is 7.68. The predicted molar refractivity (Wildman–Crippen MR) is 123 cm³/mol. The van der Waals surface area contributed by atoms with Crippen LogP contribution in [0.15, 0.2) is 60.7 Å². The van der Waals surface area contributed by atoms with E-state index in [-0.39, 0.29) is 0 Å². The van der Waals surface area contributed by atoms with E-state index >= 15 is 0 Å². The Balaban J connectivity index is 1.86. The summed E-state index contributed by atoms with van der Waals surface area (Å²) >= 11 is 6.04. The lowest BCUT2D eigenvalue weighted by molar-refractivity contribution is 0.0736. The molecular weight excluding hydrogens is 394 g/mol. The zero-order valence-electron chi connectivity index (χ0n) is 17.4. The number of hydrogen-bond donors (Lipinski definition) is 0. The Morgan fingerprint density at radius 2 is 1.57 bits per heavy atom. The van der Waals surface area contributed by atoms with E-state index in [1.165, 1.54) is 0 Å². The van der Waals surface area contributed by atoms with Crippen LogP contribution in [0.25, 0.3) is 22.2 Å². The monoisotopic (exact) mass is 415 g/mol. The average molecular weight is 416 g/mol. The molecule has 30 heavy (non-hydrogen) atoms. The summed E-state index contributed by atoms with van der Waals surface area (Å²) in [6, 6.07) is 18.9. The number of pyridine rings is 1. The molecule has 1 heterocycles.